The first kappa shape index (κ1) is 56.5. The molecule has 0 bridgehead atoms. The molecule has 12 heteroatoms. The van der Waals surface area contributed by atoms with Crippen LogP contribution in [-0.4, -0.2) is 157 Å². The van der Waals surface area contributed by atoms with E-state index in [4.69, 9.17) is 15.0 Å². The van der Waals surface area contributed by atoms with E-state index in [-0.39, 0.29) is 33.1 Å². The summed E-state index contributed by atoms with van der Waals surface area (Å²) in [6, 6.07) is 1.02. The molecule has 364 valence electrons. The number of likely N-dealkylation sites (N-methyl/N-ethyl adjacent to an activating group) is 2. The molecule has 3 heterocycles. The second kappa shape index (κ2) is 25.3. The summed E-state index contributed by atoms with van der Waals surface area (Å²) in [5.74, 6) is 2.30. The van der Waals surface area contributed by atoms with Gasteiger partial charge in [0.05, 0.1) is 0 Å². The molecule has 0 aromatic carbocycles. The van der Waals surface area contributed by atoms with Gasteiger partial charge in [-0.15, -0.1) is 0 Å². The van der Waals surface area contributed by atoms with Gasteiger partial charge in [-0.3, -0.25) is 0 Å². The maximum Gasteiger partial charge on any atom is 0.230 e. The molecule has 0 amide bonds. The first-order valence-corrected chi connectivity index (χ1v) is 24.9. The lowest BCUT2D eigenvalue weighted by atomic mass is 9.79. The minimum atomic E-state index is -0.126. The summed E-state index contributed by atoms with van der Waals surface area (Å²) in [6.07, 6.45) is 12.9. The van der Waals surface area contributed by atoms with Gasteiger partial charge in [0.2, 0.25) is 11.9 Å². The van der Waals surface area contributed by atoms with Crippen LogP contribution in [0.2, 0.25) is 0 Å². The second-order valence-corrected chi connectivity index (χ2v) is 23.9. The minimum absolute atomic E-state index is 0.0455. The van der Waals surface area contributed by atoms with Crippen LogP contribution in [0.25, 0.3) is 0 Å². The van der Waals surface area contributed by atoms with Crippen LogP contribution in [0.15, 0.2) is 0 Å². The van der Waals surface area contributed by atoms with Crippen molar-refractivity contribution in [3.63, 3.8) is 0 Å². The number of nitrogens with one attached hydrogen (secondary N) is 5. The molecular weight excluding hydrogens is 769 g/mol. The van der Waals surface area contributed by atoms with Crippen LogP contribution in [0.5, 0.6) is 0 Å². The van der Waals surface area contributed by atoms with Gasteiger partial charge >= 0.3 is 0 Å². The summed E-state index contributed by atoms with van der Waals surface area (Å²) < 4.78 is 0. The lowest BCUT2D eigenvalue weighted by Gasteiger charge is -2.49. The monoisotopic (exact) mass is 873 g/mol. The molecule has 3 rings (SSSR count). The van der Waals surface area contributed by atoms with Crippen LogP contribution in [0, 0.1) is 12.3 Å². The molecule has 0 aliphatic carbocycles. The molecule has 2 aliphatic rings. The molecule has 2 aliphatic heterocycles. The van der Waals surface area contributed by atoms with Crippen molar-refractivity contribution in [1.29, 1.82) is 0 Å². The summed E-state index contributed by atoms with van der Waals surface area (Å²) in [6.45, 7) is 44.8. The van der Waals surface area contributed by atoms with Gasteiger partial charge in [-0.25, -0.2) is 0 Å². The molecule has 5 N–H and O–H groups in total. The van der Waals surface area contributed by atoms with E-state index in [1.807, 2.05) is 21.0 Å². The number of rotatable bonds is 25. The number of unbranched alkanes of at least 4 members (excludes halogenated alkanes) is 3. The van der Waals surface area contributed by atoms with E-state index in [0.29, 0.717) is 18.0 Å². The third-order valence-electron chi connectivity index (χ3n) is 12.5. The molecule has 0 atom stereocenters. The smallest absolute Gasteiger partial charge is 0.230 e. The second-order valence-electron chi connectivity index (χ2n) is 23.9. The van der Waals surface area contributed by atoms with Gasteiger partial charge in [-0.1, -0.05) is 40.5 Å². The largest absolute Gasteiger partial charge is 0.349 e. The van der Waals surface area contributed by atoms with Crippen LogP contribution in [0.3, 0.4) is 0 Å². The van der Waals surface area contributed by atoms with Crippen molar-refractivity contribution in [2.24, 2.45) is 5.41 Å². The van der Waals surface area contributed by atoms with E-state index in [1.54, 1.807) is 0 Å². The van der Waals surface area contributed by atoms with E-state index in [0.717, 1.165) is 63.6 Å². The molecule has 1 aromatic rings. The van der Waals surface area contributed by atoms with Crippen LogP contribution >= 0.6 is 0 Å². The minimum Gasteiger partial charge on any atom is -0.349 e. The van der Waals surface area contributed by atoms with Gasteiger partial charge in [0.25, 0.3) is 0 Å². The van der Waals surface area contributed by atoms with E-state index < -0.39 is 0 Å². The summed E-state index contributed by atoms with van der Waals surface area (Å²) in [5, 5.41) is 17.8. The highest BCUT2D eigenvalue weighted by Crippen LogP contribution is 2.35. The number of anilines is 2. The van der Waals surface area contributed by atoms with E-state index >= 15 is 0 Å². The van der Waals surface area contributed by atoms with Crippen molar-refractivity contribution in [1.82, 2.24) is 50.9 Å². The molecule has 12 nitrogen and oxygen atoms in total. The summed E-state index contributed by atoms with van der Waals surface area (Å²) in [5.41, 5.74) is 0.541. The van der Waals surface area contributed by atoms with Gasteiger partial charge < -0.3 is 46.2 Å². The number of piperidine rings is 2. The Kier molecular flexibility index (Phi) is 23.0. The SMILES string of the molecule is CCN(CCCCCCN(c1nc(C)nc(NC(C)(C)CC(C)(C)C)n1)C1CC(C)(C)NC(C)(C)C1)C1CC(C)(C)NC(C)(C)C1.CNCCCN(C)CCN(C)CCCNC. The maximum absolute atomic E-state index is 5.10. The van der Waals surface area contributed by atoms with Crippen LogP contribution in [-0.2, 0) is 0 Å². The Morgan fingerprint density at radius 1 is 0.597 bits per heavy atom. The Balaban J connectivity index is 0.000000698. The van der Waals surface area contributed by atoms with Gasteiger partial charge in [-0.2, -0.15) is 15.0 Å². The average molecular weight is 873 g/mol. The molecule has 0 spiro atoms. The average Bonchev–Trinajstić information content (AvgIpc) is 3.08. The molecule has 0 radical (unpaired) electrons. The third kappa shape index (κ3) is 23.0. The zero-order chi connectivity index (χ0) is 47.0. The quantitative estimate of drug-likeness (QED) is 0.0612. The molecule has 1 aromatic heterocycles. The molecule has 2 fully saturated rings. The Hall–Kier alpha value is -1.67. The fraction of sp³-hybridized carbons (Fsp3) is 0.940. The predicted octanol–water partition coefficient (Wildman–Crippen LogP) is 8.18. The van der Waals surface area contributed by atoms with Gasteiger partial charge in [0.15, 0.2) is 0 Å². The number of hydrogen-bond acceptors (Lipinski definition) is 12. The molecular formula is C50H104N12. The first-order chi connectivity index (χ1) is 28.6. The summed E-state index contributed by atoms with van der Waals surface area (Å²) in [4.78, 5) is 24.9. The van der Waals surface area contributed by atoms with Crippen molar-refractivity contribution in [2.45, 2.75) is 214 Å². The van der Waals surface area contributed by atoms with Gasteiger partial charge in [0.1, 0.15) is 5.82 Å². The normalized spacial score (nSPS) is 19.2. The predicted molar refractivity (Wildman–Crippen MR) is 270 cm³/mol. The standard InChI is InChI=1S/C38H74N8.C12H30N4/c1-16-45(29-23-34(6,7)43-35(8,9)24-29)21-19-17-18-20-22-46(30-25-36(10,11)44-37(12,13)26-30)32-40-28(2)39-31(41-32)42-38(14,15)27-33(3,4)5;1-13-7-5-9-15(3)11-12-16(4)10-6-8-14-2/h29-30,43-44H,16-27H2,1-15H3,(H,39,40,41,42);13-14H,5-12H2,1-4H3. The zero-order valence-electron chi connectivity index (χ0n) is 44.4. The molecule has 2 saturated heterocycles. The number of aromatic nitrogens is 3. The molecule has 0 unspecified atom stereocenters. The fourth-order valence-corrected chi connectivity index (χ4v) is 11.0. The van der Waals surface area contributed by atoms with E-state index in [1.165, 1.54) is 77.7 Å². The van der Waals surface area contributed by atoms with Crippen molar-refractivity contribution in [3.05, 3.63) is 5.82 Å². The zero-order valence-corrected chi connectivity index (χ0v) is 44.4. The van der Waals surface area contributed by atoms with Gasteiger partial charge in [-0.05, 0) is 207 Å². The Morgan fingerprint density at radius 3 is 1.48 bits per heavy atom. The Bertz CT molecular complexity index is 1340. The highest BCUT2D eigenvalue weighted by atomic mass is 15.3. The van der Waals surface area contributed by atoms with Gasteiger partial charge in [0, 0.05) is 59.4 Å². The number of aryl methyl sites for hydroxylation is 1. The number of nitrogens with zero attached hydrogens (tertiary/aromatic N) is 7. The van der Waals surface area contributed by atoms with Crippen LogP contribution in [0.1, 0.15) is 173 Å². The van der Waals surface area contributed by atoms with E-state index in [9.17, 15) is 0 Å². The van der Waals surface area contributed by atoms with Crippen molar-refractivity contribution in [2.75, 3.05) is 97.3 Å². The summed E-state index contributed by atoms with van der Waals surface area (Å²) >= 11 is 0. The van der Waals surface area contributed by atoms with Crippen LogP contribution < -0.4 is 31.5 Å². The lowest BCUT2D eigenvalue weighted by molar-refractivity contribution is 0.0681. The third-order valence-corrected chi connectivity index (χ3v) is 12.5. The van der Waals surface area contributed by atoms with Crippen LogP contribution in [0.4, 0.5) is 11.9 Å². The molecule has 62 heavy (non-hydrogen) atoms. The first-order valence-electron chi connectivity index (χ1n) is 24.9. The number of hydrogen-bond donors (Lipinski definition) is 5. The topological polar surface area (TPSA) is 112 Å². The fourth-order valence-electron chi connectivity index (χ4n) is 11.0. The molecule has 0 saturated carbocycles. The highest BCUT2D eigenvalue weighted by molar-refractivity contribution is 5.40. The summed E-state index contributed by atoms with van der Waals surface area (Å²) in [7, 11) is 8.43. The van der Waals surface area contributed by atoms with Crippen molar-refractivity contribution >= 4 is 11.9 Å². The van der Waals surface area contributed by atoms with E-state index in [2.05, 4.69) is 157 Å². The van der Waals surface area contributed by atoms with Crippen molar-refractivity contribution < 1.29 is 0 Å². The maximum atomic E-state index is 5.10. The lowest BCUT2D eigenvalue weighted by Crippen LogP contribution is -2.62. The highest BCUT2D eigenvalue weighted by Gasteiger charge is 2.41. The Morgan fingerprint density at radius 2 is 1.05 bits per heavy atom. The Labute approximate surface area is 384 Å². The van der Waals surface area contributed by atoms with Crippen molar-refractivity contribution in [3.8, 4) is 0 Å².